The number of rotatable bonds is 8. The first kappa shape index (κ1) is 22.2. The van der Waals surface area contributed by atoms with Gasteiger partial charge in [0, 0.05) is 49.6 Å². The number of hydrogen-bond donors (Lipinski definition) is 1. The maximum atomic E-state index is 12.5. The molecule has 7 nitrogen and oxygen atoms in total. The highest BCUT2D eigenvalue weighted by atomic mass is 16.5. The largest absolute Gasteiger partial charge is 0.379 e. The molecular weight excluding hydrogens is 378 g/mol. The van der Waals surface area contributed by atoms with Crippen molar-refractivity contribution in [1.82, 2.24) is 20.3 Å². The molecule has 1 N–H and O–H groups in total. The normalized spacial score (nSPS) is 14.9. The van der Waals surface area contributed by atoms with Crippen LogP contribution in [0.4, 0.5) is 5.82 Å². The standard InChI is InChI=1S/C23H33N5O2/c1-16(2)30-15-7-12-25-23(29)19-9-13-28(14-10-19)22-17(3)18(4)26-21(27-22)20-8-5-6-11-24-20/h5-6,8,11,16,19H,7,9-10,12-15H2,1-4H3,(H,25,29). The van der Waals surface area contributed by atoms with Crippen molar-refractivity contribution in [3.05, 3.63) is 35.7 Å². The van der Waals surface area contributed by atoms with Crippen LogP contribution in [0.15, 0.2) is 24.4 Å². The predicted octanol–water partition coefficient (Wildman–Crippen LogP) is 3.30. The number of ether oxygens (including phenoxy) is 1. The van der Waals surface area contributed by atoms with Crippen molar-refractivity contribution in [2.45, 2.75) is 53.1 Å². The first-order valence-corrected chi connectivity index (χ1v) is 10.9. The number of aromatic nitrogens is 3. The fourth-order valence-electron chi connectivity index (χ4n) is 3.63. The third-order valence-electron chi connectivity index (χ3n) is 5.49. The average Bonchev–Trinajstić information content (AvgIpc) is 2.75. The molecule has 0 spiro atoms. The molecule has 0 unspecified atom stereocenters. The highest BCUT2D eigenvalue weighted by Crippen LogP contribution is 2.27. The molecule has 30 heavy (non-hydrogen) atoms. The first-order chi connectivity index (χ1) is 14.5. The van der Waals surface area contributed by atoms with Crippen LogP contribution in [0.25, 0.3) is 11.5 Å². The smallest absolute Gasteiger partial charge is 0.223 e. The monoisotopic (exact) mass is 411 g/mol. The summed E-state index contributed by atoms with van der Waals surface area (Å²) >= 11 is 0. The van der Waals surface area contributed by atoms with E-state index in [0.29, 0.717) is 19.0 Å². The minimum Gasteiger partial charge on any atom is -0.379 e. The van der Waals surface area contributed by atoms with E-state index in [0.717, 1.165) is 55.1 Å². The molecule has 3 heterocycles. The third kappa shape index (κ3) is 5.75. The van der Waals surface area contributed by atoms with Crippen LogP contribution in [0.2, 0.25) is 0 Å². The van der Waals surface area contributed by atoms with E-state index in [1.807, 2.05) is 39.0 Å². The van der Waals surface area contributed by atoms with Gasteiger partial charge in [-0.05, 0) is 59.1 Å². The van der Waals surface area contributed by atoms with Crippen molar-refractivity contribution in [2.75, 3.05) is 31.1 Å². The molecule has 0 radical (unpaired) electrons. The second kappa shape index (κ2) is 10.5. The molecule has 1 aliphatic heterocycles. The molecule has 1 fully saturated rings. The number of piperidine rings is 1. The van der Waals surface area contributed by atoms with Crippen LogP contribution >= 0.6 is 0 Å². The molecular formula is C23H33N5O2. The third-order valence-corrected chi connectivity index (χ3v) is 5.49. The summed E-state index contributed by atoms with van der Waals surface area (Å²) in [6, 6.07) is 5.76. The van der Waals surface area contributed by atoms with Gasteiger partial charge in [0.1, 0.15) is 11.5 Å². The summed E-state index contributed by atoms with van der Waals surface area (Å²) in [5, 5.41) is 3.06. The molecule has 0 saturated carbocycles. The zero-order valence-electron chi connectivity index (χ0n) is 18.5. The molecule has 1 amide bonds. The van der Waals surface area contributed by atoms with Crippen molar-refractivity contribution in [2.24, 2.45) is 5.92 Å². The van der Waals surface area contributed by atoms with Crippen LogP contribution in [-0.2, 0) is 9.53 Å². The number of nitrogens with one attached hydrogen (secondary N) is 1. The quantitative estimate of drug-likeness (QED) is 0.672. The van der Waals surface area contributed by atoms with Crippen molar-refractivity contribution in [1.29, 1.82) is 0 Å². The maximum absolute atomic E-state index is 12.5. The SMILES string of the molecule is Cc1nc(-c2ccccn2)nc(N2CCC(C(=O)NCCCOC(C)C)CC2)c1C. The van der Waals surface area contributed by atoms with Gasteiger partial charge < -0.3 is 15.0 Å². The van der Waals surface area contributed by atoms with Gasteiger partial charge in [0.15, 0.2) is 5.82 Å². The van der Waals surface area contributed by atoms with Gasteiger partial charge in [-0.1, -0.05) is 6.07 Å². The van der Waals surface area contributed by atoms with Crippen LogP contribution < -0.4 is 10.2 Å². The van der Waals surface area contributed by atoms with Gasteiger partial charge >= 0.3 is 0 Å². The summed E-state index contributed by atoms with van der Waals surface area (Å²) in [5.41, 5.74) is 2.82. The summed E-state index contributed by atoms with van der Waals surface area (Å²) < 4.78 is 5.52. The average molecular weight is 412 g/mol. The van der Waals surface area contributed by atoms with Gasteiger partial charge in [-0.2, -0.15) is 0 Å². The molecule has 7 heteroatoms. The summed E-state index contributed by atoms with van der Waals surface area (Å²) in [6.07, 6.45) is 4.49. The van der Waals surface area contributed by atoms with E-state index >= 15 is 0 Å². The molecule has 2 aromatic rings. The van der Waals surface area contributed by atoms with Gasteiger partial charge in [-0.3, -0.25) is 9.78 Å². The Morgan fingerprint density at radius 3 is 2.67 bits per heavy atom. The Labute approximate surface area is 179 Å². The molecule has 0 aromatic carbocycles. The highest BCUT2D eigenvalue weighted by molar-refractivity contribution is 5.79. The fourth-order valence-corrected chi connectivity index (χ4v) is 3.63. The zero-order chi connectivity index (χ0) is 21.5. The lowest BCUT2D eigenvalue weighted by Crippen LogP contribution is -2.41. The molecule has 1 aliphatic rings. The van der Waals surface area contributed by atoms with Crippen LogP contribution in [0.3, 0.4) is 0 Å². The summed E-state index contributed by atoms with van der Waals surface area (Å²) in [7, 11) is 0. The Bertz CT molecular complexity index is 833. The van der Waals surface area contributed by atoms with E-state index in [-0.39, 0.29) is 17.9 Å². The van der Waals surface area contributed by atoms with Crippen molar-refractivity contribution >= 4 is 11.7 Å². The second-order valence-corrected chi connectivity index (χ2v) is 8.12. The lowest BCUT2D eigenvalue weighted by molar-refractivity contribution is -0.125. The van der Waals surface area contributed by atoms with E-state index in [4.69, 9.17) is 9.72 Å². The minimum absolute atomic E-state index is 0.0609. The summed E-state index contributed by atoms with van der Waals surface area (Å²) in [4.78, 5) is 28.6. The molecule has 0 atom stereocenters. The Kier molecular flexibility index (Phi) is 7.74. The van der Waals surface area contributed by atoms with E-state index in [1.165, 1.54) is 0 Å². The van der Waals surface area contributed by atoms with Crippen molar-refractivity contribution in [3.63, 3.8) is 0 Å². The van der Waals surface area contributed by atoms with Gasteiger partial charge in [-0.15, -0.1) is 0 Å². The van der Waals surface area contributed by atoms with Crippen LogP contribution in [0, 0.1) is 19.8 Å². The maximum Gasteiger partial charge on any atom is 0.223 e. The Morgan fingerprint density at radius 2 is 2.00 bits per heavy atom. The number of carbonyl (C=O) groups excluding carboxylic acids is 1. The second-order valence-electron chi connectivity index (χ2n) is 8.12. The molecule has 3 rings (SSSR count). The Morgan fingerprint density at radius 1 is 1.23 bits per heavy atom. The number of hydrogen-bond acceptors (Lipinski definition) is 6. The molecule has 0 aliphatic carbocycles. The minimum atomic E-state index is 0.0609. The van der Waals surface area contributed by atoms with Crippen molar-refractivity contribution < 1.29 is 9.53 Å². The summed E-state index contributed by atoms with van der Waals surface area (Å²) in [6.45, 7) is 11.1. The van der Waals surface area contributed by atoms with E-state index in [1.54, 1.807) is 6.20 Å². The van der Waals surface area contributed by atoms with Gasteiger partial charge in [0.25, 0.3) is 0 Å². The predicted molar refractivity (Wildman–Crippen MR) is 118 cm³/mol. The van der Waals surface area contributed by atoms with E-state index in [2.05, 4.69) is 27.1 Å². The van der Waals surface area contributed by atoms with Crippen molar-refractivity contribution in [3.8, 4) is 11.5 Å². The number of pyridine rings is 1. The van der Waals surface area contributed by atoms with E-state index < -0.39 is 0 Å². The van der Waals surface area contributed by atoms with Crippen LogP contribution in [0.5, 0.6) is 0 Å². The Hall–Kier alpha value is -2.54. The number of nitrogens with zero attached hydrogens (tertiary/aromatic N) is 4. The Balaban J connectivity index is 1.57. The summed E-state index contributed by atoms with van der Waals surface area (Å²) in [5.74, 6) is 1.82. The number of anilines is 1. The van der Waals surface area contributed by atoms with Crippen LogP contribution in [0.1, 0.15) is 44.4 Å². The lowest BCUT2D eigenvalue weighted by Gasteiger charge is -2.33. The first-order valence-electron chi connectivity index (χ1n) is 10.9. The van der Waals surface area contributed by atoms with E-state index in [9.17, 15) is 4.79 Å². The molecule has 1 saturated heterocycles. The molecule has 2 aromatic heterocycles. The lowest BCUT2D eigenvalue weighted by atomic mass is 9.95. The zero-order valence-corrected chi connectivity index (χ0v) is 18.5. The van der Waals surface area contributed by atoms with Gasteiger partial charge in [0.2, 0.25) is 5.91 Å². The van der Waals surface area contributed by atoms with Gasteiger partial charge in [-0.25, -0.2) is 9.97 Å². The topological polar surface area (TPSA) is 80.2 Å². The number of amides is 1. The highest BCUT2D eigenvalue weighted by Gasteiger charge is 2.27. The number of aryl methyl sites for hydroxylation is 1. The molecule has 0 bridgehead atoms. The number of carbonyl (C=O) groups is 1. The molecule has 162 valence electrons. The fraction of sp³-hybridized carbons (Fsp3) is 0.565. The van der Waals surface area contributed by atoms with Gasteiger partial charge in [0.05, 0.1) is 6.10 Å². The van der Waals surface area contributed by atoms with Crippen LogP contribution in [-0.4, -0.2) is 53.2 Å².